The van der Waals surface area contributed by atoms with Crippen molar-refractivity contribution < 1.29 is 9.32 Å². The molecule has 142 valence electrons. The number of benzene rings is 2. The van der Waals surface area contributed by atoms with Crippen LogP contribution in [0.3, 0.4) is 0 Å². The maximum atomic E-state index is 12.8. The zero-order chi connectivity index (χ0) is 20.2. The lowest BCUT2D eigenvalue weighted by atomic mass is 10.1. The van der Waals surface area contributed by atoms with Crippen molar-refractivity contribution in [2.24, 2.45) is 0 Å². The highest BCUT2D eigenvalue weighted by Crippen LogP contribution is 2.27. The summed E-state index contributed by atoms with van der Waals surface area (Å²) in [5.41, 5.74) is 2.24. The Bertz CT molecular complexity index is 1240. The van der Waals surface area contributed by atoms with E-state index in [2.05, 4.69) is 10.1 Å². The molecule has 8 heteroatoms. The second-order valence-corrected chi connectivity index (χ2v) is 7.08. The van der Waals surface area contributed by atoms with Crippen molar-refractivity contribution in [3.8, 4) is 28.7 Å². The summed E-state index contributed by atoms with van der Waals surface area (Å²) < 4.78 is 5.87. The fraction of sp³-hybridized carbons (Fsp3) is 0.0952. The summed E-state index contributed by atoms with van der Waals surface area (Å²) in [6.07, 6.45) is 0. The molecule has 0 saturated carbocycles. The number of nitriles is 1. The van der Waals surface area contributed by atoms with E-state index in [1.165, 1.54) is 11.3 Å². The van der Waals surface area contributed by atoms with Crippen LogP contribution in [0.4, 0.5) is 0 Å². The van der Waals surface area contributed by atoms with Crippen LogP contribution in [0.1, 0.15) is 10.9 Å². The molecule has 2 aromatic carbocycles. The maximum absolute atomic E-state index is 12.8. The molecule has 2 aromatic heterocycles. The van der Waals surface area contributed by atoms with Gasteiger partial charge in [-0.15, -0.1) is 11.3 Å². The van der Waals surface area contributed by atoms with Gasteiger partial charge in [0, 0.05) is 16.5 Å². The first kappa shape index (κ1) is 18.5. The van der Waals surface area contributed by atoms with E-state index < -0.39 is 17.5 Å². The van der Waals surface area contributed by atoms with Crippen LogP contribution < -0.4 is 5.76 Å². The Morgan fingerprint density at radius 2 is 1.76 bits per heavy atom. The van der Waals surface area contributed by atoms with E-state index in [9.17, 15) is 14.9 Å². The molecule has 1 unspecified atom stereocenters. The SMILES string of the molecule is N#CC(C(=O)Cn1c(-c2ccccc2)noc1=O)c1nc(-c2ccccc2)cs1. The van der Waals surface area contributed by atoms with Crippen LogP contribution in [-0.2, 0) is 11.3 Å². The number of carbonyl (C=O) groups excluding carboxylic acids is 1. The molecule has 1 atom stereocenters. The van der Waals surface area contributed by atoms with Crippen molar-refractivity contribution in [1.82, 2.24) is 14.7 Å². The van der Waals surface area contributed by atoms with Gasteiger partial charge >= 0.3 is 5.76 Å². The van der Waals surface area contributed by atoms with E-state index in [-0.39, 0.29) is 12.4 Å². The summed E-state index contributed by atoms with van der Waals surface area (Å²) in [5, 5.41) is 15.6. The molecular weight excluding hydrogens is 388 g/mol. The smallest absolute Gasteiger partial charge is 0.296 e. The van der Waals surface area contributed by atoms with Crippen molar-refractivity contribution in [2.75, 3.05) is 0 Å². The number of thiazole rings is 1. The minimum absolute atomic E-state index is 0.241. The van der Waals surface area contributed by atoms with Crippen molar-refractivity contribution in [1.29, 1.82) is 5.26 Å². The van der Waals surface area contributed by atoms with Crippen molar-refractivity contribution in [3.63, 3.8) is 0 Å². The summed E-state index contributed by atoms with van der Waals surface area (Å²) >= 11 is 1.24. The summed E-state index contributed by atoms with van der Waals surface area (Å²) in [7, 11) is 0. The van der Waals surface area contributed by atoms with Gasteiger partial charge in [-0.1, -0.05) is 65.8 Å². The summed E-state index contributed by atoms with van der Waals surface area (Å²) in [6, 6.07) is 20.4. The Labute approximate surface area is 169 Å². The van der Waals surface area contributed by atoms with Crippen LogP contribution in [0.5, 0.6) is 0 Å². The van der Waals surface area contributed by atoms with Gasteiger partial charge in [-0.05, 0) is 0 Å². The molecule has 4 aromatic rings. The third-order valence-electron chi connectivity index (χ3n) is 4.32. The molecule has 7 nitrogen and oxygen atoms in total. The van der Waals surface area contributed by atoms with E-state index in [1.807, 2.05) is 47.8 Å². The Balaban J connectivity index is 1.61. The molecule has 4 rings (SSSR count). The van der Waals surface area contributed by atoms with Crippen LogP contribution in [0.25, 0.3) is 22.6 Å². The van der Waals surface area contributed by atoms with E-state index in [1.54, 1.807) is 24.3 Å². The van der Waals surface area contributed by atoms with Crippen molar-refractivity contribution >= 4 is 17.1 Å². The van der Waals surface area contributed by atoms with Gasteiger partial charge in [0.1, 0.15) is 5.01 Å². The normalized spacial score (nSPS) is 11.7. The number of aromatic nitrogens is 3. The van der Waals surface area contributed by atoms with Gasteiger partial charge in [-0.2, -0.15) is 5.26 Å². The van der Waals surface area contributed by atoms with Crippen LogP contribution in [-0.4, -0.2) is 20.5 Å². The first-order valence-electron chi connectivity index (χ1n) is 8.72. The largest absolute Gasteiger partial charge is 0.442 e. The third kappa shape index (κ3) is 3.77. The van der Waals surface area contributed by atoms with Crippen LogP contribution in [0, 0.1) is 11.3 Å². The highest BCUT2D eigenvalue weighted by Gasteiger charge is 2.26. The number of Topliss-reactive ketones (excluding diaryl/α,β-unsaturated/α-hetero) is 1. The first-order chi connectivity index (χ1) is 14.2. The van der Waals surface area contributed by atoms with Gasteiger partial charge in [-0.25, -0.2) is 14.3 Å². The average Bonchev–Trinajstić information content (AvgIpc) is 3.38. The number of carbonyl (C=O) groups is 1. The summed E-state index contributed by atoms with van der Waals surface area (Å²) in [6.45, 7) is -0.328. The Kier molecular flexibility index (Phi) is 5.14. The number of rotatable bonds is 6. The molecule has 0 radical (unpaired) electrons. The van der Waals surface area contributed by atoms with Gasteiger partial charge in [0.05, 0.1) is 18.3 Å². The fourth-order valence-corrected chi connectivity index (χ4v) is 3.77. The Morgan fingerprint density at radius 1 is 1.10 bits per heavy atom. The minimum atomic E-state index is -1.08. The lowest BCUT2D eigenvalue weighted by Gasteiger charge is -2.07. The van der Waals surface area contributed by atoms with E-state index >= 15 is 0 Å². The highest BCUT2D eigenvalue weighted by atomic mass is 32.1. The van der Waals surface area contributed by atoms with E-state index in [0.29, 0.717) is 16.3 Å². The molecule has 0 spiro atoms. The molecule has 0 N–H and O–H groups in total. The first-order valence-corrected chi connectivity index (χ1v) is 9.60. The number of hydrogen-bond donors (Lipinski definition) is 0. The minimum Gasteiger partial charge on any atom is -0.296 e. The average molecular weight is 402 g/mol. The molecule has 29 heavy (non-hydrogen) atoms. The summed E-state index contributed by atoms with van der Waals surface area (Å²) in [4.78, 5) is 29.4. The molecule has 0 saturated heterocycles. The standard InChI is InChI=1S/C21H14N4O3S/c22-11-16(20-23-17(13-29-20)14-7-3-1-4-8-14)18(26)12-25-19(24-28-21(25)27)15-9-5-2-6-10-15/h1-10,13,16H,12H2. The van der Waals surface area contributed by atoms with Gasteiger partial charge < -0.3 is 0 Å². The predicted molar refractivity (Wildman–Crippen MR) is 107 cm³/mol. The highest BCUT2D eigenvalue weighted by molar-refractivity contribution is 7.10. The van der Waals surface area contributed by atoms with Crippen LogP contribution in [0.2, 0.25) is 0 Å². The number of hydrogen-bond acceptors (Lipinski definition) is 7. The van der Waals surface area contributed by atoms with Crippen LogP contribution in [0.15, 0.2) is 75.4 Å². The van der Waals surface area contributed by atoms with Gasteiger partial charge in [0.15, 0.2) is 17.5 Å². The van der Waals surface area contributed by atoms with E-state index in [4.69, 9.17) is 4.52 Å². The van der Waals surface area contributed by atoms with Gasteiger partial charge in [0.25, 0.3) is 0 Å². The third-order valence-corrected chi connectivity index (χ3v) is 5.23. The lowest BCUT2D eigenvalue weighted by molar-refractivity contribution is -0.120. The Morgan fingerprint density at radius 3 is 2.41 bits per heavy atom. The topological polar surface area (TPSA) is 102 Å². The molecule has 0 aliphatic heterocycles. The quantitative estimate of drug-likeness (QED) is 0.489. The molecule has 0 bridgehead atoms. The molecular formula is C21H14N4O3S. The number of nitrogens with zero attached hydrogens (tertiary/aromatic N) is 4. The second kappa shape index (κ2) is 8.04. The number of ketones is 1. The lowest BCUT2D eigenvalue weighted by Crippen LogP contribution is -2.24. The summed E-state index contributed by atoms with van der Waals surface area (Å²) in [5.74, 6) is -2.05. The monoisotopic (exact) mass is 402 g/mol. The maximum Gasteiger partial charge on any atom is 0.442 e. The van der Waals surface area contributed by atoms with E-state index in [0.717, 1.165) is 10.1 Å². The molecule has 0 aliphatic rings. The second-order valence-electron chi connectivity index (χ2n) is 6.19. The molecule has 0 aliphatic carbocycles. The molecule has 0 amide bonds. The molecule has 2 heterocycles. The van der Waals surface area contributed by atoms with Crippen molar-refractivity contribution in [2.45, 2.75) is 12.5 Å². The zero-order valence-corrected chi connectivity index (χ0v) is 15.9. The fourth-order valence-electron chi connectivity index (χ4n) is 2.88. The predicted octanol–water partition coefficient (Wildman–Crippen LogP) is 3.50. The van der Waals surface area contributed by atoms with Gasteiger partial charge in [-0.3, -0.25) is 9.32 Å². The van der Waals surface area contributed by atoms with Crippen molar-refractivity contribution in [3.05, 3.63) is 81.6 Å². The van der Waals surface area contributed by atoms with Crippen LogP contribution >= 0.6 is 11.3 Å². The Hall–Kier alpha value is -3.83. The zero-order valence-electron chi connectivity index (χ0n) is 15.1. The van der Waals surface area contributed by atoms with Gasteiger partial charge in [0.2, 0.25) is 0 Å². The molecule has 0 fully saturated rings.